The first-order valence-corrected chi connectivity index (χ1v) is 7.26. The van der Waals surface area contributed by atoms with Gasteiger partial charge in [0.25, 0.3) is 0 Å². The predicted octanol–water partition coefficient (Wildman–Crippen LogP) is 4.21. The molecule has 0 aliphatic heterocycles. The molecule has 0 amide bonds. The molecule has 0 fully saturated rings. The van der Waals surface area contributed by atoms with Gasteiger partial charge in [0, 0.05) is 22.0 Å². The molecule has 0 saturated carbocycles. The van der Waals surface area contributed by atoms with Gasteiger partial charge in [0.2, 0.25) is 0 Å². The molecule has 0 aliphatic rings. The van der Waals surface area contributed by atoms with E-state index in [1.165, 1.54) is 0 Å². The Hall–Kier alpha value is -1.29. The van der Waals surface area contributed by atoms with E-state index in [9.17, 15) is 0 Å². The molecule has 3 nitrogen and oxygen atoms in total. The van der Waals surface area contributed by atoms with Crippen LogP contribution in [0.15, 0.2) is 28.7 Å². The normalized spacial score (nSPS) is 11.8. The Bertz CT molecular complexity index is 577. The fraction of sp³-hybridized carbons (Fsp3) is 0.400. The molecule has 0 radical (unpaired) electrons. The van der Waals surface area contributed by atoms with E-state index in [1.807, 2.05) is 24.3 Å². The van der Waals surface area contributed by atoms with Gasteiger partial charge in [-0.15, -0.1) is 0 Å². The van der Waals surface area contributed by atoms with Gasteiger partial charge < -0.3 is 10.3 Å². The molecule has 0 atom stereocenters. The largest absolute Gasteiger partial charge is 0.383 e. The van der Waals surface area contributed by atoms with Crippen LogP contribution in [0.4, 0.5) is 5.82 Å². The summed E-state index contributed by atoms with van der Waals surface area (Å²) in [5, 5.41) is 0. The second-order valence-corrected chi connectivity index (χ2v) is 6.59. The minimum absolute atomic E-state index is 0.0161. The van der Waals surface area contributed by atoms with Crippen molar-refractivity contribution in [3.63, 3.8) is 0 Å². The quantitative estimate of drug-likeness (QED) is 0.900. The van der Waals surface area contributed by atoms with Gasteiger partial charge >= 0.3 is 0 Å². The average molecular weight is 322 g/mol. The lowest BCUT2D eigenvalue weighted by Gasteiger charge is -2.19. The van der Waals surface area contributed by atoms with Crippen LogP contribution in [0.5, 0.6) is 0 Å². The van der Waals surface area contributed by atoms with Crippen molar-refractivity contribution in [2.24, 2.45) is 0 Å². The maximum atomic E-state index is 6.27. The number of imidazole rings is 1. The first-order valence-electron chi connectivity index (χ1n) is 6.47. The Morgan fingerprint density at radius 1 is 1.21 bits per heavy atom. The van der Waals surface area contributed by atoms with E-state index in [0.29, 0.717) is 0 Å². The van der Waals surface area contributed by atoms with E-state index in [-0.39, 0.29) is 5.41 Å². The third-order valence-electron chi connectivity index (χ3n) is 3.11. The smallest absolute Gasteiger partial charge is 0.131 e. The highest BCUT2D eigenvalue weighted by Crippen LogP contribution is 2.32. The highest BCUT2D eigenvalue weighted by Gasteiger charge is 2.24. The van der Waals surface area contributed by atoms with Crippen molar-refractivity contribution in [1.29, 1.82) is 0 Å². The van der Waals surface area contributed by atoms with Gasteiger partial charge in [-0.05, 0) is 19.1 Å². The molecule has 4 heteroatoms. The van der Waals surface area contributed by atoms with E-state index in [2.05, 4.69) is 48.2 Å². The molecule has 1 heterocycles. The van der Waals surface area contributed by atoms with Gasteiger partial charge in [-0.1, -0.05) is 48.8 Å². The molecular formula is C15H20BrN3. The van der Waals surface area contributed by atoms with Crippen LogP contribution in [0, 0.1) is 0 Å². The van der Waals surface area contributed by atoms with Crippen molar-refractivity contribution in [2.45, 2.75) is 39.7 Å². The maximum Gasteiger partial charge on any atom is 0.131 e. The number of benzene rings is 1. The monoisotopic (exact) mass is 321 g/mol. The first kappa shape index (κ1) is 14.1. The summed E-state index contributed by atoms with van der Waals surface area (Å²) in [5.41, 5.74) is 8.18. The zero-order valence-corrected chi connectivity index (χ0v) is 13.5. The molecule has 0 unspecified atom stereocenters. The number of aromatic nitrogens is 2. The molecule has 2 aromatic rings. The van der Waals surface area contributed by atoms with Crippen LogP contribution in [0.25, 0.3) is 11.3 Å². The molecule has 102 valence electrons. The van der Waals surface area contributed by atoms with E-state index in [1.54, 1.807) is 0 Å². The molecule has 0 saturated heterocycles. The molecular weight excluding hydrogens is 302 g/mol. The number of nitrogen functional groups attached to an aromatic ring is 1. The van der Waals surface area contributed by atoms with Gasteiger partial charge in [-0.2, -0.15) is 0 Å². The van der Waals surface area contributed by atoms with Crippen LogP contribution in [0.1, 0.15) is 33.5 Å². The molecule has 0 bridgehead atoms. The summed E-state index contributed by atoms with van der Waals surface area (Å²) < 4.78 is 3.15. The van der Waals surface area contributed by atoms with Crippen LogP contribution in [0.3, 0.4) is 0 Å². The van der Waals surface area contributed by atoms with Crippen molar-refractivity contribution in [3.8, 4) is 11.3 Å². The topological polar surface area (TPSA) is 43.8 Å². The number of rotatable bonds is 2. The highest BCUT2D eigenvalue weighted by atomic mass is 79.9. The molecule has 19 heavy (non-hydrogen) atoms. The van der Waals surface area contributed by atoms with E-state index in [4.69, 9.17) is 10.7 Å². The minimum atomic E-state index is -0.0161. The van der Waals surface area contributed by atoms with Gasteiger partial charge in [-0.3, -0.25) is 0 Å². The van der Waals surface area contributed by atoms with Crippen molar-refractivity contribution in [3.05, 3.63) is 34.6 Å². The zero-order valence-electron chi connectivity index (χ0n) is 11.9. The van der Waals surface area contributed by atoms with Crippen molar-refractivity contribution in [1.82, 2.24) is 9.55 Å². The summed E-state index contributed by atoms with van der Waals surface area (Å²) in [7, 11) is 0. The molecule has 0 spiro atoms. The van der Waals surface area contributed by atoms with Gasteiger partial charge in [-0.25, -0.2) is 4.98 Å². The van der Waals surface area contributed by atoms with Gasteiger partial charge in [0.05, 0.1) is 0 Å². The van der Waals surface area contributed by atoms with Crippen LogP contribution >= 0.6 is 15.9 Å². The number of hydrogen-bond donors (Lipinski definition) is 1. The van der Waals surface area contributed by atoms with Crippen molar-refractivity contribution < 1.29 is 0 Å². The maximum absolute atomic E-state index is 6.27. The molecule has 0 aliphatic carbocycles. The van der Waals surface area contributed by atoms with Crippen molar-refractivity contribution in [2.75, 3.05) is 5.73 Å². The second-order valence-electron chi connectivity index (χ2n) is 5.67. The second kappa shape index (κ2) is 5.00. The summed E-state index contributed by atoms with van der Waals surface area (Å²) in [6.45, 7) is 9.41. The SMILES string of the molecule is CCn1c(C(C)(C)C)nc(-c2ccc(Br)cc2)c1N. The van der Waals surface area contributed by atoms with E-state index >= 15 is 0 Å². The first-order chi connectivity index (χ1) is 8.84. The Kier molecular flexibility index (Phi) is 3.72. The third-order valence-corrected chi connectivity index (χ3v) is 3.64. The fourth-order valence-electron chi connectivity index (χ4n) is 2.18. The number of nitrogens with zero attached hydrogens (tertiary/aromatic N) is 2. The number of anilines is 1. The fourth-order valence-corrected chi connectivity index (χ4v) is 2.44. The van der Waals surface area contributed by atoms with Crippen LogP contribution in [-0.4, -0.2) is 9.55 Å². The van der Waals surface area contributed by atoms with Gasteiger partial charge in [0.1, 0.15) is 17.3 Å². The molecule has 1 aromatic heterocycles. The molecule has 2 N–H and O–H groups in total. The number of hydrogen-bond acceptors (Lipinski definition) is 2. The Balaban J connectivity index is 2.59. The molecule has 2 rings (SSSR count). The summed E-state index contributed by atoms with van der Waals surface area (Å²) in [5.74, 6) is 1.78. The number of nitrogens with two attached hydrogens (primary N) is 1. The highest BCUT2D eigenvalue weighted by molar-refractivity contribution is 9.10. The Morgan fingerprint density at radius 3 is 2.21 bits per heavy atom. The van der Waals surface area contributed by atoms with Crippen LogP contribution < -0.4 is 5.73 Å². The lowest BCUT2D eigenvalue weighted by Crippen LogP contribution is -2.19. The van der Waals surface area contributed by atoms with E-state index < -0.39 is 0 Å². The third kappa shape index (κ3) is 2.68. The molecule has 1 aromatic carbocycles. The summed E-state index contributed by atoms with van der Waals surface area (Å²) in [6.07, 6.45) is 0. The zero-order chi connectivity index (χ0) is 14.2. The standard InChI is InChI=1S/C15H20BrN3/c1-5-19-13(17)12(18-14(19)15(2,3)4)10-6-8-11(16)9-7-10/h6-9H,5,17H2,1-4H3. The predicted molar refractivity (Wildman–Crippen MR) is 84.1 cm³/mol. The lowest BCUT2D eigenvalue weighted by atomic mass is 9.95. The number of halogens is 1. The summed E-state index contributed by atoms with van der Waals surface area (Å²) >= 11 is 3.44. The summed E-state index contributed by atoms with van der Waals surface area (Å²) in [4.78, 5) is 4.77. The Morgan fingerprint density at radius 2 is 1.79 bits per heavy atom. The lowest BCUT2D eigenvalue weighted by molar-refractivity contribution is 0.509. The Labute approximate surface area is 123 Å². The van der Waals surface area contributed by atoms with Gasteiger partial charge in [0.15, 0.2) is 0 Å². The van der Waals surface area contributed by atoms with Crippen molar-refractivity contribution >= 4 is 21.7 Å². The van der Waals surface area contributed by atoms with Crippen LogP contribution in [0.2, 0.25) is 0 Å². The van der Waals surface area contributed by atoms with Crippen LogP contribution in [-0.2, 0) is 12.0 Å². The minimum Gasteiger partial charge on any atom is -0.383 e. The summed E-state index contributed by atoms with van der Waals surface area (Å²) in [6, 6.07) is 8.09. The van der Waals surface area contributed by atoms with E-state index in [0.717, 1.165) is 33.9 Å². The average Bonchev–Trinajstić information content (AvgIpc) is 2.67.